The van der Waals surface area contributed by atoms with Gasteiger partial charge in [0.05, 0.1) is 12.1 Å². The summed E-state index contributed by atoms with van der Waals surface area (Å²) in [6, 6.07) is 16.4. The SMILES string of the molecule is Cc1ccccc1CSCC(=O)NCc1ccc(-n2ccnc2)cc1. The van der Waals surface area contributed by atoms with Gasteiger partial charge in [-0.3, -0.25) is 4.79 Å². The van der Waals surface area contributed by atoms with Crippen LogP contribution in [0, 0.1) is 6.92 Å². The maximum Gasteiger partial charge on any atom is 0.230 e. The highest BCUT2D eigenvalue weighted by molar-refractivity contribution is 7.99. The van der Waals surface area contributed by atoms with Crippen molar-refractivity contribution >= 4 is 17.7 Å². The minimum absolute atomic E-state index is 0.0669. The highest BCUT2D eigenvalue weighted by atomic mass is 32.2. The van der Waals surface area contributed by atoms with Crippen LogP contribution in [0.4, 0.5) is 0 Å². The lowest BCUT2D eigenvalue weighted by molar-refractivity contribution is -0.118. The van der Waals surface area contributed by atoms with Crippen LogP contribution in [0.2, 0.25) is 0 Å². The zero-order valence-electron chi connectivity index (χ0n) is 14.2. The minimum atomic E-state index is 0.0669. The highest BCUT2D eigenvalue weighted by Gasteiger charge is 2.04. The van der Waals surface area contributed by atoms with Crippen molar-refractivity contribution in [2.75, 3.05) is 5.75 Å². The molecule has 0 bridgehead atoms. The van der Waals surface area contributed by atoms with Gasteiger partial charge in [-0.15, -0.1) is 11.8 Å². The Balaban J connectivity index is 1.42. The number of rotatable bonds is 7. The van der Waals surface area contributed by atoms with Crippen molar-refractivity contribution in [2.45, 2.75) is 19.2 Å². The minimum Gasteiger partial charge on any atom is -0.351 e. The predicted molar refractivity (Wildman–Crippen MR) is 103 cm³/mol. The second kappa shape index (κ2) is 8.53. The topological polar surface area (TPSA) is 46.9 Å². The average molecular weight is 351 g/mol. The third-order valence-corrected chi connectivity index (χ3v) is 4.96. The van der Waals surface area contributed by atoms with E-state index in [-0.39, 0.29) is 5.91 Å². The Kier molecular flexibility index (Phi) is 5.90. The molecule has 0 fully saturated rings. The van der Waals surface area contributed by atoms with Gasteiger partial charge in [0.25, 0.3) is 0 Å². The van der Waals surface area contributed by atoms with Gasteiger partial charge in [0.15, 0.2) is 0 Å². The van der Waals surface area contributed by atoms with Crippen LogP contribution in [0.25, 0.3) is 5.69 Å². The molecule has 0 unspecified atom stereocenters. The maximum absolute atomic E-state index is 12.0. The zero-order valence-corrected chi connectivity index (χ0v) is 15.0. The van der Waals surface area contributed by atoms with Gasteiger partial charge in [-0.25, -0.2) is 4.98 Å². The van der Waals surface area contributed by atoms with Gasteiger partial charge in [0.2, 0.25) is 5.91 Å². The summed E-state index contributed by atoms with van der Waals surface area (Å²) in [5.74, 6) is 1.40. The van der Waals surface area contributed by atoms with E-state index in [1.54, 1.807) is 24.3 Å². The Bertz CT molecular complexity index is 813. The fourth-order valence-corrected chi connectivity index (χ4v) is 3.41. The molecule has 25 heavy (non-hydrogen) atoms. The smallest absolute Gasteiger partial charge is 0.230 e. The zero-order chi connectivity index (χ0) is 17.5. The highest BCUT2D eigenvalue weighted by Crippen LogP contribution is 2.15. The molecule has 0 spiro atoms. The van der Waals surface area contributed by atoms with E-state index < -0.39 is 0 Å². The molecule has 2 aromatic carbocycles. The van der Waals surface area contributed by atoms with Gasteiger partial charge in [0.1, 0.15) is 0 Å². The van der Waals surface area contributed by atoms with E-state index in [0.717, 1.165) is 17.0 Å². The standard InChI is InChI=1S/C20H21N3OS/c1-16-4-2-3-5-18(16)13-25-14-20(24)22-12-17-6-8-19(9-7-17)23-11-10-21-15-23/h2-11,15H,12-14H2,1H3,(H,22,24). The fraction of sp³-hybridized carbons (Fsp3) is 0.200. The Morgan fingerprint density at radius 2 is 1.96 bits per heavy atom. The van der Waals surface area contributed by atoms with Gasteiger partial charge in [-0.05, 0) is 35.7 Å². The van der Waals surface area contributed by atoms with Gasteiger partial charge >= 0.3 is 0 Å². The molecule has 5 heteroatoms. The number of imidazole rings is 1. The molecule has 0 saturated carbocycles. The number of hydrogen-bond acceptors (Lipinski definition) is 3. The number of aromatic nitrogens is 2. The van der Waals surface area contributed by atoms with E-state index in [1.807, 2.05) is 47.2 Å². The Hall–Kier alpha value is -2.53. The van der Waals surface area contributed by atoms with E-state index >= 15 is 0 Å². The Labute approximate surface area is 152 Å². The lowest BCUT2D eigenvalue weighted by Gasteiger charge is -2.08. The molecule has 1 amide bonds. The number of carbonyl (C=O) groups is 1. The lowest BCUT2D eigenvalue weighted by Crippen LogP contribution is -2.24. The predicted octanol–water partition coefficient (Wildman–Crippen LogP) is 3.73. The van der Waals surface area contributed by atoms with Crippen LogP contribution < -0.4 is 5.32 Å². The molecule has 128 valence electrons. The summed E-state index contributed by atoms with van der Waals surface area (Å²) >= 11 is 1.64. The number of hydrogen-bond donors (Lipinski definition) is 1. The van der Waals surface area contributed by atoms with E-state index in [1.165, 1.54) is 11.1 Å². The van der Waals surface area contributed by atoms with Crippen molar-refractivity contribution in [3.8, 4) is 5.69 Å². The second-order valence-electron chi connectivity index (χ2n) is 5.83. The van der Waals surface area contributed by atoms with Crippen LogP contribution in [0.3, 0.4) is 0 Å². The van der Waals surface area contributed by atoms with Gasteiger partial charge in [-0.1, -0.05) is 36.4 Å². The van der Waals surface area contributed by atoms with Crippen molar-refractivity contribution < 1.29 is 4.79 Å². The van der Waals surface area contributed by atoms with Crippen molar-refractivity contribution in [2.24, 2.45) is 0 Å². The third-order valence-electron chi connectivity index (χ3n) is 3.98. The summed E-state index contributed by atoms with van der Waals surface area (Å²) < 4.78 is 1.95. The number of benzene rings is 2. The fourth-order valence-electron chi connectivity index (χ4n) is 2.48. The van der Waals surface area contributed by atoms with Crippen LogP contribution in [-0.4, -0.2) is 21.2 Å². The summed E-state index contributed by atoms with van der Waals surface area (Å²) in [6.45, 7) is 2.65. The Morgan fingerprint density at radius 1 is 1.16 bits per heavy atom. The van der Waals surface area contributed by atoms with E-state index in [2.05, 4.69) is 29.4 Å². The van der Waals surface area contributed by atoms with Crippen LogP contribution >= 0.6 is 11.8 Å². The van der Waals surface area contributed by atoms with Crippen molar-refractivity contribution in [1.82, 2.24) is 14.9 Å². The first-order chi connectivity index (χ1) is 12.2. The first-order valence-electron chi connectivity index (χ1n) is 8.18. The summed E-state index contributed by atoms with van der Waals surface area (Å²) in [7, 11) is 0. The molecular weight excluding hydrogens is 330 g/mol. The number of aryl methyl sites for hydroxylation is 1. The molecule has 0 saturated heterocycles. The van der Waals surface area contributed by atoms with E-state index in [9.17, 15) is 4.79 Å². The molecular formula is C20H21N3OS. The average Bonchev–Trinajstić information content (AvgIpc) is 3.17. The molecule has 0 aliphatic heterocycles. The first-order valence-corrected chi connectivity index (χ1v) is 9.34. The lowest BCUT2D eigenvalue weighted by atomic mass is 10.1. The van der Waals surface area contributed by atoms with Crippen LogP contribution in [-0.2, 0) is 17.1 Å². The molecule has 1 heterocycles. The molecule has 4 nitrogen and oxygen atoms in total. The number of carbonyl (C=O) groups excluding carboxylic acids is 1. The van der Waals surface area contributed by atoms with Crippen LogP contribution in [0.1, 0.15) is 16.7 Å². The number of thioether (sulfide) groups is 1. The van der Waals surface area contributed by atoms with Crippen molar-refractivity contribution in [3.05, 3.63) is 83.9 Å². The molecule has 0 aliphatic rings. The number of nitrogens with zero attached hydrogens (tertiary/aromatic N) is 2. The Morgan fingerprint density at radius 3 is 2.68 bits per heavy atom. The van der Waals surface area contributed by atoms with Crippen molar-refractivity contribution in [3.63, 3.8) is 0 Å². The molecule has 3 aromatic rings. The number of amides is 1. The van der Waals surface area contributed by atoms with Gasteiger partial charge in [-0.2, -0.15) is 0 Å². The van der Waals surface area contributed by atoms with Crippen LogP contribution in [0.5, 0.6) is 0 Å². The normalized spacial score (nSPS) is 10.6. The quantitative estimate of drug-likeness (QED) is 0.705. The van der Waals surface area contributed by atoms with Crippen LogP contribution in [0.15, 0.2) is 67.3 Å². The molecule has 0 radical (unpaired) electrons. The molecule has 0 atom stereocenters. The number of nitrogens with one attached hydrogen (secondary N) is 1. The molecule has 1 aromatic heterocycles. The molecule has 3 rings (SSSR count). The molecule has 1 N–H and O–H groups in total. The van der Waals surface area contributed by atoms with Gasteiger partial charge in [0, 0.05) is 30.4 Å². The molecule has 0 aliphatic carbocycles. The monoisotopic (exact) mass is 351 g/mol. The van der Waals surface area contributed by atoms with E-state index in [0.29, 0.717) is 12.3 Å². The third kappa shape index (κ3) is 4.97. The summed E-state index contributed by atoms with van der Waals surface area (Å²) in [4.78, 5) is 16.0. The van der Waals surface area contributed by atoms with Gasteiger partial charge < -0.3 is 9.88 Å². The summed E-state index contributed by atoms with van der Waals surface area (Å²) in [6.07, 6.45) is 5.42. The van der Waals surface area contributed by atoms with E-state index in [4.69, 9.17) is 0 Å². The first kappa shape index (κ1) is 17.3. The maximum atomic E-state index is 12.0. The second-order valence-corrected chi connectivity index (χ2v) is 6.82. The summed E-state index contributed by atoms with van der Waals surface area (Å²) in [5, 5.41) is 2.98. The largest absolute Gasteiger partial charge is 0.351 e. The van der Waals surface area contributed by atoms with Crippen molar-refractivity contribution in [1.29, 1.82) is 0 Å². The summed E-state index contributed by atoms with van der Waals surface area (Å²) in [5.41, 5.74) is 4.70.